The zero-order chi connectivity index (χ0) is 15.4. The Labute approximate surface area is 144 Å². The first-order valence-electron chi connectivity index (χ1n) is 8.22. The molecule has 0 saturated carbocycles. The van der Waals surface area contributed by atoms with Crippen LogP contribution in [-0.2, 0) is 11.2 Å². The lowest BCUT2D eigenvalue weighted by Crippen LogP contribution is -2.41. The molecule has 4 heteroatoms. The largest absolute Gasteiger partial charge is 0.342 e. The van der Waals surface area contributed by atoms with E-state index in [4.69, 9.17) is 5.73 Å². The number of rotatable bonds is 4. The average molecular weight is 333 g/mol. The molecule has 1 amide bonds. The standard InChI is InChI=1S/C19H24N2O.ClH/c20-11-10-15-5-4-12-21(14-15)19(22)13-17-8-3-7-16-6-1-2-9-18(16)17;/h1-3,6-9,15H,4-5,10-14,20H2;1H. The number of nitrogens with two attached hydrogens (primary N) is 1. The summed E-state index contributed by atoms with van der Waals surface area (Å²) in [6, 6.07) is 14.5. The summed E-state index contributed by atoms with van der Waals surface area (Å²) >= 11 is 0. The predicted molar refractivity (Wildman–Crippen MR) is 97.9 cm³/mol. The molecule has 2 N–H and O–H groups in total. The summed E-state index contributed by atoms with van der Waals surface area (Å²) in [6.45, 7) is 2.49. The first kappa shape index (κ1) is 17.8. The molecule has 2 aromatic rings. The Morgan fingerprint density at radius 1 is 1.17 bits per heavy atom. The summed E-state index contributed by atoms with van der Waals surface area (Å²) in [5.41, 5.74) is 6.79. The minimum absolute atomic E-state index is 0. The zero-order valence-electron chi connectivity index (χ0n) is 13.4. The number of likely N-dealkylation sites (tertiary alicyclic amines) is 1. The molecule has 1 unspecified atom stereocenters. The number of nitrogens with zero attached hydrogens (tertiary/aromatic N) is 1. The molecular weight excluding hydrogens is 308 g/mol. The van der Waals surface area contributed by atoms with Crippen LogP contribution in [0.1, 0.15) is 24.8 Å². The molecule has 1 atom stereocenters. The van der Waals surface area contributed by atoms with Gasteiger partial charge in [-0.05, 0) is 48.1 Å². The van der Waals surface area contributed by atoms with Gasteiger partial charge in [0.2, 0.25) is 5.91 Å². The molecular formula is C19H25ClN2O. The second-order valence-electron chi connectivity index (χ2n) is 6.24. The van der Waals surface area contributed by atoms with Crippen molar-refractivity contribution in [1.82, 2.24) is 4.90 Å². The Balaban J connectivity index is 0.00000192. The third kappa shape index (κ3) is 4.24. The number of piperidine rings is 1. The van der Waals surface area contributed by atoms with E-state index in [1.165, 1.54) is 17.2 Å². The van der Waals surface area contributed by atoms with Gasteiger partial charge in [-0.15, -0.1) is 12.4 Å². The maximum Gasteiger partial charge on any atom is 0.227 e. The number of carbonyl (C=O) groups is 1. The fourth-order valence-corrected chi connectivity index (χ4v) is 3.48. The number of halogens is 1. The number of hydrogen-bond donors (Lipinski definition) is 1. The molecule has 1 fully saturated rings. The van der Waals surface area contributed by atoms with E-state index in [0.29, 0.717) is 12.3 Å². The fourth-order valence-electron chi connectivity index (χ4n) is 3.48. The van der Waals surface area contributed by atoms with Crippen molar-refractivity contribution < 1.29 is 4.79 Å². The molecule has 3 nitrogen and oxygen atoms in total. The van der Waals surface area contributed by atoms with Gasteiger partial charge in [-0.1, -0.05) is 42.5 Å². The normalized spacial score (nSPS) is 17.8. The van der Waals surface area contributed by atoms with E-state index in [1.54, 1.807) is 0 Å². The summed E-state index contributed by atoms with van der Waals surface area (Å²) in [6.07, 6.45) is 3.83. The lowest BCUT2D eigenvalue weighted by molar-refractivity contribution is -0.132. The first-order chi connectivity index (χ1) is 10.8. The Morgan fingerprint density at radius 2 is 1.96 bits per heavy atom. The molecule has 0 aliphatic carbocycles. The van der Waals surface area contributed by atoms with Crippen LogP contribution in [0.15, 0.2) is 42.5 Å². The van der Waals surface area contributed by atoms with Crippen LogP contribution in [0, 0.1) is 5.92 Å². The minimum atomic E-state index is 0. The highest BCUT2D eigenvalue weighted by Gasteiger charge is 2.23. The van der Waals surface area contributed by atoms with Gasteiger partial charge >= 0.3 is 0 Å². The SMILES string of the molecule is Cl.NCCC1CCCN(C(=O)Cc2cccc3ccccc23)C1. The van der Waals surface area contributed by atoms with Crippen LogP contribution in [0.3, 0.4) is 0 Å². The van der Waals surface area contributed by atoms with E-state index in [1.807, 2.05) is 23.1 Å². The van der Waals surface area contributed by atoms with E-state index in [-0.39, 0.29) is 18.3 Å². The van der Waals surface area contributed by atoms with E-state index in [2.05, 4.69) is 24.3 Å². The Bertz CT molecular complexity index is 651. The molecule has 2 aromatic carbocycles. The van der Waals surface area contributed by atoms with Crippen molar-refractivity contribution in [2.45, 2.75) is 25.7 Å². The lowest BCUT2D eigenvalue weighted by Gasteiger charge is -2.33. The number of carbonyl (C=O) groups excluding carboxylic acids is 1. The molecule has 1 aliphatic rings. The monoisotopic (exact) mass is 332 g/mol. The highest BCUT2D eigenvalue weighted by molar-refractivity contribution is 5.90. The molecule has 0 bridgehead atoms. The molecule has 0 spiro atoms. The van der Waals surface area contributed by atoms with Crippen molar-refractivity contribution in [3.05, 3.63) is 48.0 Å². The van der Waals surface area contributed by atoms with Gasteiger partial charge in [-0.2, -0.15) is 0 Å². The van der Waals surface area contributed by atoms with Gasteiger partial charge in [0, 0.05) is 13.1 Å². The van der Waals surface area contributed by atoms with E-state index >= 15 is 0 Å². The van der Waals surface area contributed by atoms with Crippen molar-refractivity contribution in [2.24, 2.45) is 11.7 Å². The summed E-state index contributed by atoms with van der Waals surface area (Å²) in [5.74, 6) is 0.827. The molecule has 3 rings (SSSR count). The van der Waals surface area contributed by atoms with Gasteiger partial charge in [0.1, 0.15) is 0 Å². The summed E-state index contributed by atoms with van der Waals surface area (Å²) in [4.78, 5) is 14.7. The van der Waals surface area contributed by atoms with Gasteiger partial charge in [-0.3, -0.25) is 4.79 Å². The van der Waals surface area contributed by atoms with Gasteiger partial charge in [0.25, 0.3) is 0 Å². The molecule has 0 aromatic heterocycles. The molecule has 1 saturated heterocycles. The number of benzene rings is 2. The van der Waals surface area contributed by atoms with Crippen molar-refractivity contribution in [3.8, 4) is 0 Å². The highest BCUT2D eigenvalue weighted by atomic mass is 35.5. The number of hydrogen-bond acceptors (Lipinski definition) is 2. The van der Waals surface area contributed by atoms with Crippen molar-refractivity contribution in [3.63, 3.8) is 0 Å². The maximum atomic E-state index is 12.7. The predicted octanol–water partition coefficient (Wildman–Crippen LogP) is 3.39. The first-order valence-corrected chi connectivity index (χ1v) is 8.22. The van der Waals surface area contributed by atoms with Gasteiger partial charge in [-0.25, -0.2) is 0 Å². The summed E-state index contributed by atoms with van der Waals surface area (Å²) in [5, 5.41) is 2.39. The third-order valence-electron chi connectivity index (χ3n) is 4.67. The summed E-state index contributed by atoms with van der Waals surface area (Å²) < 4.78 is 0. The van der Waals surface area contributed by atoms with Crippen LogP contribution in [-0.4, -0.2) is 30.4 Å². The smallest absolute Gasteiger partial charge is 0.227 e. The topological polar surface area (TPSA) is 46.3 Å². The number of fused-ring (bicyclic) bond motifs is 1. The molecule has 0 radical (unpaired) electrons. The van der Waals surface area contributed by atoms with Crippen LogP contribution < -0.4 is 5.73 Å². The quantitative estimate of drug-likeness (QED) is 0.932. The fraction of sp³-hybridized carbons (Fsp3) is 0.421. The Hall–Kier alpha value is -1.58. The average Bonchev–Trinajstić information content (AvgIpc) is 2.56. The minimum Gasteiger partial charge on any atom is -0.342 e. The zero-order valence-corrected chi connectivity index (χ0v) is 14.2. The highest BCUT2D eigenvalue weighted by Crippen LogP contribution is 2.22. The van der Waals surface area contributed by atoms with Crippen molar-refractivity contribution in [2.75, 3.05) is 19.6 Å². The molecule has 124 valence electrons. The molecule has 1 heterocycles. The van der Waals surface area contributed by atoms with Gasteiger partial charge in [0.05, 0.1) is 6.42 Å². The van der Waals surface area contributed by atoms with E-state index < -0.39 is 0 Å². The second-order valence-corrected chi connectivity index (χ2v) is 6.24. The van der Waals surface area contributed by atoms with E-state index in [0.717, 1.165) is 38.0 Å². The third-order valence-corrected chi connectivity index (χ3v) is 4.67. The molecule has 23 heavy (non-hydrogen) atoms. The summed E-state index contributed by atoms with van der Waals surface area (Å²) in [7, 11) is 0. The number of amides is 1. The maximum absolute atomic E-state index is 12.7. The van der Waals surface area contributed by atoms with Crippen LogP contribution in [0.5, 0.6) is 0 Å². The second kappa shape index (κ2) is 8.32. The van der Waals surface area contributed by atoms with Gasteiger partial charge < -0.3 is 10.6 Å². The van der Waals surface area contributed by atoms with Crippen molar-refractivity contribution in [1.29, 1.82) is 0 Å². The van der Waals surface area contributed by atoms with Crippen LogP contribution in [0.2, 0.25) is 0 Å². The molecule has 1 aliphatic heterocycles. The van der Waals surface area contributed by atoms with Crippen LogP contribution >= 0.6 is 12.4 Å². The van der Waals surface area contributed by atoms with Gasteiger partial charge in [0.15, 0.2) is 0 Å². The van der Waals surface area contributed by atoms with E-state index in [9.17, 15) is 4.79 Å². The Kier molecular flexibility index (Phi) is 6.43. The van der Waals surface area contributed by atoms with Crippen LogP contribution in [0.25, 0.3) is 10.8 Å². The lowest BCUT2D eigenvalue weighted by atomic mass is 9.94. The van der Waals surface area contributed by atoms with Crippen LogP contribution in [0.4, 0.5) is 0 Å². The van der Waals surface area contributed by atoms with Crippen molar-refractivity contribution >= 4 is 29.1 Å². The Morgan fingerprint density at radius 3 is 2.78 bits per heavy atom.